The average molecular weight is 321 g/mol. The molecule has 0 radical (unpaired) electrons. The molecule has 0 aliphatic carbocycles. The first-order valence-corrected chi connectivity index (χ1v) is 9.05. The zero-order chi connectivity index (χ0) is 16.9. The van der Waals surface area contributed by atoms with Crippen LogP contribution < -0.4 is 0 Å². The molecule has 1 fully saturated rings. The molecule has 1 aliphatic heterocycles. The summed E-state index contributed by atoms with van der Waals surface area (Å²) in [6.07, 6.45) is 2.79. The maximum atomic E-state index is 12.7. The van der Waals surface area contributed by atoms with Gasteiger partial charge in [0, 0.05) is 19.0 Å². The Morgan fingerprint density at radius 3 is 2.46 bits per heavy atom. The molecule has 1 saturated heterocycles. The summed E-state index contributed by atoms with van der Waals surface area (Å²) in [5, 5.41) is 0. The van der Waals surface area contributed by atoms with Crippen molar-refractivity contribution in [3.05, 3.63) is 71.3 Å². The Hall–Kier alpha value is -2.09. The highest BCUT2D eigenvalue weighted by Crippen LogP contribution is 2.27. The van der Waals surface area contributed by atoms with Crippen LogP contribution in [0.25, 0.3) is 0 Å². The number of piperidine rings is 1. The fourth-order valence-corrected chi connectivity index (χ4v) is 3.51. The van der Waals surface area contributed by atoms with Crippen molar-refractivity contribution in [2.45, 2.75) is 44.9 Å². The number of benzene rings is 2. The molecule has 1 atom stereocenters. The molecule has 2 aromatic carbocycles. The Bertz CT molecular complexity index is 660. The molecular weight excluding hydrogens is 294 g/mol. The maximum Gasteiger partial charge on any atom is 0.227 e. The van der Waals surface area contributed by atoms with Crippen LogP contribution in [-0.2, 0) is 11.2 Å². The van der Waals surface area contributed by atoms with Crippen LogP contribution >= 0.6 is 0 Å². The van der Waals surface area contributed by atoms with Crippen LogP contribution in [0.2, 0.25) is 0 Å². The Labute approximate surface area is 145 Å². The van der Waals surface area contributed by atoms with Crippen molar-refractivity contribution in [2.24, 2.45) is 0 Å². The second-order valence-corrected chi connectivity index (χ2v) is 7.16. The van der Waals surface area contributed by atoms with E-state index in [1.165, 1.54) is 17.5 Å². The Kier molecular flexibility index (Phi) is 5.34. The molecule has 1 unspecified atom stereocenters. The van der Waals surface area contributed by atoms with Crippen molar-refractivity contribution < 1.29 is 4.79 Å². The fraction of sp³-hybridized carbons (Fsp3) is 0.409. The predicted molar refractivity (Wildman–Crippen MR) is 99.2 cm³/mol. The highest BCUT2D eigenvalue weighted by molar-refractivity contribution is 5.79. The monoisotopic (exact) mass is 321 g/mol. The lowest BCUT2D eigenvalue weighted by Crippen LogP contribution is -2.39. The summed E-state index contributed by atoms with van der Waals surface area (Å²) in [7, 11) is 0. The fourth-order valence-electron chi connectivity index (χ4n) is 3.51. The third-order valence-corrected chi connectivity index (χ3v) is 5.05. The smallest absolute Gasteiger partial charge is 0.227 e. The lowest BCUT2D eigenvalue weighted by atomic mass is 9.90. The van der Waals surface area contributed by atoms with Crippen LogP contribution in [0.3, 0.4) is 0 Å². The molecule has 2 nitrogen and oxygen atoms in total. The van der Waals surface area contributed by atoms with Crippen LogP contribution in [-0.4, -0.2) is 23.9 Å². The van der Waals surface area contributed by atoms with E-state index in [0.29, 0.717) is 18.3 Å². The molecule has 0 saturated carbocycles. The van der Waals surface area contributed by atoms with Crippen LogP contribution in [0.1, 0.15) is 55.2 Å². The number of amides is 1. The standard InChI is InChI=1S/C22H27NO/c1-17(2)19-12-10-18(11-13-19)15-22(24)23-14-6-9-21(16-23)20-7-4-3-5-8-20/h3-5,7-8,10-13,17,21H,6,9,14-16H2,1-2H3. The van der Waals surface area contributed by atoms with Gasteiger partial charge in [0.2, 0.25) is 5.91 Å². The van der Waals surface area contributed by atoms with E-state index in [1.54, 1.807) is 0 Å². The minimum atomic E-state index is 0.257. The number of carbonyl (C=O) groups excluding carboxylic acids is 1. The van der Waals surface area contributed by atoms with E-state index in [1.807, 2.05) is 0 Å². The van der Waals surface area contributed by atoms with Crippen molar-refractivity contribution in [3.8, 4) is 0 Å². The van der Waals surface area contributed by atoms with Gasteiger partial charge in [-0.2, -0.15) is 0 Å². The van der Waals surface area contributed by atoms with E-state index in [2.05, 4.69) is 73.3 Å². The molecule has 2 aromatic rings. The van der Waals surface area contributed by atoms with Crippen LogP contribution in [0.15, 0.2) is 54.6 Å². The summed E-state index contributed by atoms with van der Waals surface area (Å²) in [4.78, 5) is 14.7. The summed E-state index contributed by atoms with van der Waals surface area (Å²) in [5.41, 5.74) is 3.80. The number of likely N-dealkylation sites (tertiary alicyclic amines) is 1. The van der Waals surface area contributed by atoms with E-state index in [4.69, 9.17) is 0 Å². The molecule has 24 heavy (non-hydrogen) atoms. The van der Waals surface area contributed by atoms with Gasteiger partial charge in [-0.25, -0.2) is 0 Å². The summed E-state index contributed by atoms with van der Waals surface area (Å²) in [6.45, 7) is 6.13. The lowest BCUT2D eigenvalue weighted by Gasteiger charge is -2.33. The van der Waals surface area contributed by atoms with Crippen molar-refractivity contribution in [2.75, 3.05) is 13.1 Å². The van der Waals surface area contributed by atoms with Gasteiger partial charge in [0.15, 0.2) is 0 Å². The van der Waals surface area contributed by atoms with Crippen LogP contribution in [0, 0.1) is 0 Å². The molecule has 126 valence electrons. The summed E-state index contributed by atoms with van der Waals surface area (Å²) >= 11 is 0. The van der Waals surface area contributed by atoms with Crippen molar-refractivity contribution in [1.29, 1.82) is 0 Å². The van der Waals surface area contributed by atoms with Gasteiger partial charge < -0.3 is 4.90 Å². The van der Waals surface area contributed by atoms with E-state index >= 15 is 0 Å². The third-order valence-electron chi connectivity index (χ3n) is 5.05. The topological polar surface area (TPSA) is 20.3 Å². The quantitative estimate of drug-likeness (QED) is 0.795. The van der Waals surface area contributed by atoms with Gasteiger partial charge >= 0.3 is 0 Å². The van der Waals surface area contributed by atoms with Gasteiger partial charge in [-0.15, -0.1) is 0 Å². The van der Waals surface area contributed by atoms with Crippen molar-refractivity contribution in [3.63, 3.8) is 0 Å². The molecule has 0 N–H and O–H groups in total. The molecule has 0 bridgehead atoms. The van der Waals surface area contributed by atoms with E-state index in [-0.39, 0.29) is 5.91 Å². The summed E-state index contributed by atoms with van der Waals surface area (Å²) < 4.78 is 0. The second kappa shape index (κ2) is 7.65. The molecule has 1 heterocycles. The van der Waals surface area contributed by atoms with Gasteiger partial charge in [-0.1, -0.05) is 68.4 Å². The zero-order valence-corrected chi connectivity index (χ0v) is 14.7. The second-order valence-electron chi connectivity index (χ2n) is 7.16. The average Bonchev–Trinajstić information content (AvgIpc) is 2.63. The molecule has 3 rings (SSSR count). The van der Waals surface area contributed by atoms with Gasteiger partial charge in [-0.3, -0.25) is 4.79 Å². The van der Waals surface area contributed by atoms with Crippen molar-refractivity contribution >= 4 is 5.91 Å². The maximum absolute atomic E-state index is 12.7. The highest BCUT2D eigenvalue weighted by Gasteiger charge is 2.24. The highest BCUT2D eigenvalue weighted by atomic mass is 16.2. The molecule has 0 spiro atoms. The predicted octanol–water partition coefficient (Wildman–Crippen LogP) is 4.76. The molecule has 0 aromatic heterocycles. The van der Waals surface area contributed by atoms with E-state index in [0.717, 1.165) is 25.1 Å². The van der Waals surface area contributed by atoms with Gasteiger partial charge in [0.25, 0.3) is 0 Å². The number of carbonyl (C=O) groups is 1. The Balaban J connectivity index is 1.62. The van der Waals surface area contributed by atoms with Crippen molar-refractivity contribution in [1.82, 2.24) is 4.90 Å². The van der Waals surface area contributed by atoms with Gasteiger partial charge in [0.05, 0.1) is 6.42 Å². The molecule has 2 heteroatoms. The molecular formula is C22H27NO. The zero-order valence-electron chi connectivity index (χ0n) is 14.7. The third kappa shape index (κ3) is 4.05. The number of rotatable bonds is 4. The minimum Gasteiger partial charge on any atom is -0.342 e. The number of hydrogen-bond donors (Lipinski definition) is 0. The summed E-state index contributed by atoms with van der Waals surface area (Å²) in [5.74, 6) is 1.27. The summed E-state index contributed by atoms with van der Waals surface area (Å²) in [6, 6.07) is 19.1. The minimum absolute atomic E-state index is 0.257. The first kappa shape index (κ1) is 16.8. The largest absolute Gasteiger partial charge is 0.342 e. The van der Waals surface area contributed by atoms with E-state index in [9.17, 15) is 4.79 Å². The first-order chi connectivity index (χ1) is 11.6. The normalized spacial score (nSPS) is 18.0. The van der Waals surface area contributed by atoms with Crippen LogP contribution in [0.4, 0.5) is 0 Å². The Morgan fingerprint density at radius 2 is 1.79 bits per heavy atom. The molecule has 1 aliphatic rings. The van der Waals surface area contributed by atoms with Crippen LogP contribution in [0.5, 0.6) is 0 Å². The Morgan fingerprint density at radius 1 is 1.08 bits per heavy atom. The first-order valence-electron chi connectivity index (χ1n) is 9.05. The molecule has 1 amide bonds. The van der Waals surface area contributed by atoms with E-state index < -0.39 is 0 Å². The SMILES string of the molecule is CC(C)c1ccc(CC(=O)N2CCCC(c3ccccc3)C2)cc1. The van der Waals surface area contributed by atoms with Gasteiger partial charge in [-0.05, 0) is 35.4 Å². The number of hydrogen-bond acceptors (Lipinski definition) is 1. The number of nitrogens with zero attached hydrogens (tertiary/aromatic N) is 1. The van der Waals surface area contributed by atoms with Gasteiger partial charge in [0.1, 0.15) is 0 Å². The lowest BCUT2D eigenvalue weighted by molar-refractivity contribution is -0.131.